The Morgan fingerprint density at radius 1 is 1.64 bits per heavy atom. The molecule has 0 aromatic carbocycles. The Hall–Kier alpha value is -0.970. The summed E-state index contributed by atoms with van der Waals surface area (Å²) in [5, 5.41) is 7.79. The molecule has 0 aliphatic carbocycles. The fourth-order valence-electron chi connectivity index (χ4n) is 0.988. The zero-order valence-electron chi connectivity index (χ0n) is 9.01. The molecule has 0 spiro atoms. The summed E-state index contributed by atoms with van der Waals surface area (Å²) in [6, 6.07) is 0. The summed E-state index contributed by atoms with van der Waals surface area (Å²) in [5.74, 6) is 0.773. The van der Waals surface area contributed by atoms with E-state index in [1.54, 1.807) is 0 Å². The van der Waals surface area contributed by atoms with Gasteiger partial charge in [-0.2, -0.15) is 5.10 Å². The van der Waals surface area contributed by atoms with Gasteiger partial charge in [0.25, 0.3) is 0 Å². The van der Waals surface area contributed by atoms with Crippen molar-refractivity contribution in [1.29, 1.82) is 0 Å². The molecule has 0 saturated carbocycles. The average Bonchev–Trinajstić information content (AvgIpc) is 2.35. The van der Waals surface area contributed by atoms with E-state index in [0.717, 1.165) is 18.0 Å². The summed E-state index contributed by atoms with van der Waals surface area (Å²) in [4.78, 5) is 4.17. The van der Waals surface area contributed by atoms with E-state index in [2.05, 4.69) is 27.8 Å². The van der Waals surface area contributed by atoms with Gasteiger partial charge >= 0.3 is 0 Å². The zero-order valence-corrected chi connectivity index (χ0v) is 9.83. The molecule has 4 nitrogen and oxygen atoms in total. The maximum Gasteiger partial charge on any atom is 0.195 e. The summed E-state index contributed by atoms with van der Waals surface area (Å²) >= 11 is 4.97. The van der Waals surface area contributed by atoms with Crippen LogP contribution in [0.1, 0.15) is 34.1 Å². The van der Waals surface area contributed by atoms with Crippen molar-refractivity contribution in [3.05, 3.63) is 0 Å². The maximum absolute atomic E-state index is 4.97. The van der Waals surface area contributed by atoms with E-state index in [1.165, 1.54) is 0 Å². The van der Waals surface area contributed by atoms with Crippen molar-refractivity contribution in [2.75, 3.05) is 0 Å². The van der Waals surface area contributed by atoms with Crippen molar-refractivity contribution in [3.8, 4) is 0 Å². The molecular formula is C9H16N4S. The molecule has 0 unspecified atom stereocenters. The van der Waals surface area contributed by atoms with Crippen molar-refractivity contribution in [2.24, 2.45) is 10.1 Å². The fourth-order valence-corrected chi connectivity index (χ4v) is 1.33. The first-order chi connectivity index (χ1) is 6.45. The van der Waals surface area contributed by atoms with Crippen LogP contribution in [0.2, 0.25) is 0 Å². The summed E-state index contributed by atoms with van der Waals surface area (Å²) in [6.45, 7) is 8.05. The normalized spacial score (nSPS) is 20.4. The number of rotatable bonds is 2. The molecule has 2 N–H and O–H groups in total. The Kier molecular flexibility index (Phi) is 3.21. The minimum absolute atomic E-state index is 0.241. The molecule has 0 bridgehead atoms. The first-order valence-corrected chi connectivity index (χ1v) is 5.07. The molecule has 0 atom stereocenters. The molecule has 0 amide bonds. The number of thiocarbonyl (C=S) groups is 1. The minimum atomic E-state index is -0.241. The van der Waals surface area contributed by atoms with Gasteiger partial charge in [0, 0.05) is 5.71 Å². The summed E-state index contributed by atoms with van der Waals surface area (Å²) in [5.41, 5.74) is 3.74. The molecule has 78 valence electrons. The minimum Gasteiger partial charge on any atom is -0.349 e. The lowest BCUT2D eigenvalue weighted by Gasteiger charge is -2.20. The van der Waals surface area contributed by atoms with E-state index in [4.69, 9.17) is 12.2 Å². The van der Waals surface area contributed by atoms with Crippen molar-refractivity contribution in [3.63, 3.8) is 0 Å². The monoisotopic (exact) mass is 212 g/mol. The van der Waals surface area contributed by atoms with Crippen LogP contribution in [-0.2, 0) is 0 Å². The first-order valence-electron chi connectivity index (χ1n) is 4.66. The number of amidine groups is 1. The standard InChI is InChI=1S/C9H16N4S/c1-5-6(2)12-13-7-9(3,4)11-8(14)10-7/h5H2,1-4H3,(H2,10,11,13,14)/b12-6-. The largest absolute Gasteiger partial charge is 0.349 e. The third kappa shape index (κ3) is 2.51. The van der Waals surface area contributed by atoms with Crippen LogP contribution < -0.4 is 10.7 Å². The average molecular weight is 212 g/mol. The molecule has 0 aromatic heterocycles. The number of nitrogens with zero attached hydrogens (tertiary/aromatic N) is 2. The summed E-state index contributed by atoms with van der Waals surface area (Å²) in [6.07, 6.45) is 0.929. The number of nitrogens with one attached hydrogen (secondary N) is 2. The van der Waals surface area contributed by atoms with Crippen LogP contribution in [0.3, 0.4) is 0 Å². The van der Waals surface area contributed by atoms with Gasteiger partial charge in [-0.05, 0) is 39.4 Å². The molecule has 0 radical (unpaired) electrons. The van der Waals surface area contributed by atoms with Crippen LogP contribution in [0.25, 0.3) is 0 Å². The van der Waals surface area contributed by atoms with Gasteiger partial charge in [-0.25, -0.2) is 4.99 Å². The first kappa shape index (κ1) is 11.1. The molecule has 0 aromatic rings. The SMILES string of the molecule is CC/C(C)=N\NC1=NC(=S)NC1(C)C. The van der Waals surface area contributed by atoms with Crippen LogP contribution in [0, 0.1) is 0 Å². The highest BCUT2D eigenvalue weighted by Crippen LogP contribution is 2.10. The number of aliphatic imine (C=N–C) groups is 1. The van der Waals surface area contributed by atoms with E-state index in [-0.39, 0.29) is 5.54 Å². The van der Waals surface area contributed by atoms with Gasteiger partial charge in [0.05, 0.1) is 5.54 Å². The fraction of sp³-hybridized carbons (Fsp3) is 0.667. The predicted octanol–water partition coefficient (Wildman–Crippen LogP) is 1.43. The smallest absolute Gasteiger partial charge is 0.195 e. The van der Waals surface area contributed by atoms with E-state index >= 15 is 0 Å². The Bertz CT molecular complexity index is 304. The Morgan fingerprint density at radius 2 is 2.29 bits per heavy atom. The molecule has 0 fully saturated rings. The predicted molar refractivity (Wildman–Crippen MR) is 63.8 cm³/mol. The van der Waals surface area contributed by atoms with Gasteiger partial charge in [-0.1, -0.05) is 6.92 Å². The Morgan fingerprint density at radius 3 is 2.71 bits per heavy atom. The van der Waals surface area contributed by atoms with Gasteiger partial charge < -0.3 is 5.32 Å². The second kappa shape index (κ2) is 4.04. The second-order valence-corrected chi connectivity index (χ2v) is 4.21. The molecule has 14 heavy (non-hydrogen) atoms. The molecule has 5 heteroatoms. The van der Waals surface area contributed by atoms with E-state index in [0.29, 0.717) is 5.11 Å². The number of hydrazone groups is 1. The number of hydrogen-bond donors (Lipinski definition) is 2. The number of hydrogen-bond acceptors (Lipinski definition) is 3. The highest BCUT2D eigenvalue weighted by atomic mass is 32.1. The molecule has 1 aliphatic heterocycles. The quantitative estimate of drug-likeness (QED) is 0.413. The lowest BCUT2D eigenvalue weighted by Crippen LogP contribution is -2.47. The van der Waals surface area contributed by atoms with E-state index in [1.807, 2.05) is 20.8 Å². The Balaban J connectivity index is 2.70. The topological polar surface area (TPSA) is 48.8 Å². The zero-order chi connectivity index (χ0) is 10.8. The van der Waals surface area contributed by atoms with Crippen molar-refractivity contribution < 1.29 is 0 Å². The molecular weight excluding hydrogens is 196 g/mol. The van der Waals surface area contributed by atoms with Gasteiger partial charge in [0.1, 0.15) is 0 Å². The van der Waals surface area contributed by atoms with E-state index in [9.17, 15) is 0 Å². The van der Waals surface area contributed by atoms with Crippen molar-refractivity contribution in [2.45, 2.75) is 39.7 Å². The third-order valence-electron chi connectivity index (χ3n) is 2.09. The molecule has 1 heterocycles. The van der Waals surface area contributed by atoms with E-state index < -0.39 is 0 Å². The molecule has 1 rings (SSSR count). The highest BCUT2D eigenvalue weighted by Gasteiger charge is 2.31. The molecule has 0 saturated heterocycles. The van der Waals surface area contributed by atoms with Crippen molar-refractivity contribution >= 4 is 28.9 Å². The molecule has 1 aliphatic rings. The second-order valence-electron chi connectivity index (χ2n) is 3.83. The summed E-state index contributed by atoms with van der Waals surface area (Å²) in [7, 11) is 0. The van der Waals surface area contributed by atoms with Crippen LogP contribution in [-0.4, -0.2) is 22.2 Å². The maximum atomic E-state index is 4.97. The van der Waals surface area contributed by atoms with Gasteiger partial charge in [-0.3, -0.25) is 5.43 Å². The van der Waals surface area contributed by atoms with Crippen LogP contribution in [0.5, 0.6) is 0 Å². The Labute approximate surface area is 89.9 Å². The summed E-state index contributed by atoms with van der Waals surface area (Å²) < 4.78 is 0. The highest BCUT2D eigenvalue weighted by molar-refractivity contribution is 7.80. The van der Waals surface area contributed by atoms with Gasteiger partial charge in [-0.15, -0.1) is 0 Å². The van der Waals surface area contributed by atoms with Crippen molar-refractivity contribution in [1.82, 2.24) is 10.7 Å². The van der Waals surface area contributed by atoms with Gasteiger partial charge in [0.2, 0.25) is 0 Å². The van der Waals surface area contributed by atoms with Crippen LogP contribution >= 0.6 is 12.2 Å². The lowest BCUT2D eigenvalue weighted by molar-refractivity contribution is 0.617. The lowest BCUT2D eigenvalue weighted by atomic mass is 10.1. The third-order valence-corrected chi connectivity index (χ3v) is 2.28. The van der Waals surface area contributed by atoms with Crippen LogP contribution in [0.4, 0.5) is 0 Å². The van der Waals surface area contributed by atoms with Gasteiger partial charge in [0.15, 0.2) is 10.9 Å². The van der Waals surface area contributed by atoms with Crippen LogP contribution in [0.15, 0.2) is 10.1 Å².